The molecule has 0 saturated heterocycles. The van der Waals surface area contributed by atoms with Gasteiger partial charge in [0.15, 0.2) is 0 Å². The van der Waals surface area contributed by atoms with Crippen molar-refractivity contribution in [1.29, 1.82) is 0 Å². The van der Waals surface area contributed by atoms with E-state index in [1.165, 1.54) is 16.8 Å². The zero-order valence-corrected chi connectivity index (χ0v) is 12.3. The van der Waals surface area contributed by atoms with Crippen LogP contribution < -0.4 is 5.32 Å². The Morgan fingerprint density at radius 3 is 2.26 bits per heavy atom. The van der Waals surface area contributed by atoms with E-state index in [2.05, 4.69) is 54.4 Å². The molecule has 19 heavy (non-hydrogen) atoms. The molecule has 4 heteroatoms. The Hall–Kier alpha value is -1.55. The molecule has 104 valence electrons. The van der Waals surface area contributed by atoms with Gasteiger partial charge in [0.25, 0.3) is 0 Å². The number of aryl methyl sites for hydroxylation is 2. The first-order valence-electron chi connectivity index (χ1n) is 7.00. The Kier molecular flexibility index (Phi) is 4.43. The number of nitrogens with zero attached hydrogens (tertiary/aromatic N) is 3. The lowest BCUT2D eigenvalue weighted by atomic mass is 10.0. The van der Waals surface area contributed by atoms with Gasteiger partial charge >= 0.3 is 0 Å². The molecule has 0 fully saturated rings. The van der Waals surface area contributed by atoms with Crippen molar-refractivity contribution in [1.82, 2.24) is 10.0 Å². The maximum atomic E-state index is 4.49. The summed E-state index contributed by atoms with van der Waals surface area (Å²) >= 11 is 0. The molecule has 4 nitrogen and oxygen atoms in total. The van der Waals surface area contributed by atoms with Crippen LogP contribution in [0.25, 0.3) is 0 Å². The van der Waals surface area contributed by atoms with E-state index in [1.807, 2.05) is 18.4 Å². The second-order valence-corrected chi connectivity index (χ2v) is 4.93. The summed E-state index contributed by atoms with van der Waals surface area (Å²) in [4.78, 5) is 4.49. The number of nitrogens with one attached hydrogen (secondary N) is 1. The van der Waals surface area contributed by atoms with E-state index >= 15 is 0 Å². The highest BCUT2D eigenvalue weighted by Gasteiger charge is 2.21. The molecule has 0 saturated carbocycles. The van der Waals surface area contributed by atoms with Crippen LogP contribution in [0, 0.1) is 0 Å². The second-order valence-electron chi connectivity index (χ2n) is 4.93. The van der Waals surface area contributed by atoms with Crippen LogP contribution in [-0.2, 0) is 12.8 Å². The molecule has 0 aliphatic carbocycles. The molecule has 0 bridgehead atoms. The van der Waals surface area contributed by atoms with Crippen molar-refractivity contribution in [3.63, 3.8) is 0 Å². The standard InChI is InChI=1S/C15H24N4/c1-5-12-8-7-9-13(6-2)15(12)16-10-14-17-11-18(3)19(14)4/h7-9,11,14,16H,5-6,10H2,1-4H3. The molecule has 0 aromatic heterocycles. The summed E-state index contributed by atoms with van der Waals surface area (Å²) in [5.41, 5.74) is 4.07. The molecule has 1 N–H and O–H groups in total. The van der Waals surface area contributed by atoms with Gasteiger partial charge in [-0.3, -0.25) is 10.0 Å². The molecule has 1 aromatic carbocycles. The van der Waals surface area contributed by atoms with E-state index in [1.54, 1.807) is 0 Å². The Morgan fingerprint density at radius 2 is 1.79 bits per heavy atom. The SMILES string of the molecule is CCc1cccc(CC)c1NCC1N=CN(C)N1C. The average Bonchev–Trinajstić information content (AvgIpc) is 2.76. The summed E-state index contributed by atoms with van der Waals surface area (Å²) < 4.78 is 0. The van der Waals surface area contributed by atoms with E-state index in [4.69, 9.17) is 0 Å². The van der Waals surface area contributed by atoms with Crippen LogP contribution in [0.15, 0.2) is 23.2 Å². The molecule has 0 amide bonds. The van der Waals surface area contributed by atoms with E-state index in [0.29, 0.717) is 0 Å². The van der Waals surface area contributed by atoms with Gasteiger partial charge in [-0.05, 0) is 24.0 Å². The predicted molar refractivity (Wildman–Crippen MR) is 81.5 cm³/mol. The van der Waals surface area contributed by atoms with Gasteiger partial charge in [-0.2, -0.15) is 5.01 Å². The van der Waals surface area contributed by atoms with Gasteiger partial charge in [-0.15, -0.1) is 0 Å². The minimum absolute atomic E-state index is 0.180. The summed E-state index contributed by atoms with van der Waals surface area (Å²) in [5, 5.41) is 7.74. The maximum absolute atomic E-state index is 4.49. The smallest absolute Gasteiger partial charge is 0.138 e. The minimum atomic E-state index is 0.180. The van der Waals surface area contributed by atoms with E-state index in [0.717, 1.165) is 19.4 Å². The predicted octanol–water partition coefficient (Wildman–Crippen LogP) is 2.37. The maximum Gasteiger partial charge on any atom is 0.138 e. The number of para-hydroxylation sites is 1. The number of hydrogen-bond donors (Lipinski definition) is 1. The van der Waals surface area contributed by atoms with E-state index < -0.39 is 0 Å². The fourth-order valence-corrected chi connectivity index (χ4v) is 2.41. The number of anilines is 1. The largest absolute Gasteiger partial charge is 0.381 e. The van der Waals surface area contributed by atoms with Crippen molar-refractivity contribution in [2.24, 2.45) is 4.99 Å². The first-order chi connectivity index (χ1) is 9.17. The Bertz CT molecular complexity index is 433. The molecule has 0 radical (unpaired) electrons. The molecular weight excluding hydrogens is 236 g/mol. The molecule has 1 heterocycles. The third-order valence-electron chi connectivity index (χ3n) is 3.80. The first-order valence-corrected chi connectivity index (χ1v) is 7.00. The van der Waals surface area contributed by atoms with Crippen LogP contribution in [-0.4, -0.2) is 43.2 Å². The highest BCUT2D eigenvalue weighted by atomic mass is 15.7. The van der Waals surface area contributed by atoms with Crippen molar-refractivity contribution in [3.05, 3.63) is 29.3 Å². The Labute approximate surface area is 116 Å². The topological polar surface area (TPSA) is 30.9 Å². The van der Waals surface area contributed by atoms with Crippen LogP contribution in [0.3, 0.4) is 0 Å². The average molecular weight is 260 g/mol. The van der Waals surface area contributed by atoms with Gasteiger partial charge in [0.2, 0.25) is 0 Å². The lowest BCUT2D eigenvalue weighted by Gasteiger charge is -2.25. The fourth-order valence-electron chi connectivity index (χ4n) is 2.41. The van der Waals surface area contributed by atoms with Crippen molar-refractivity contribution < 1.29 is 0 Å². The molecule has 1 atom stereocenters. The molecular formula is C15H24N4. The number of hydrogen-bond acceptors (Lipinski definition) is 4. The second kappa shape index (κ2) is 6.06. The lowest BCUT2D eigenvalue weighted by Crippen LogP contribution is -2.39. The Morgan fingerprint density at radius 1 is 1.16 bits per heavy atom. The lowest BCUT2D eigenvalue weighted by molar-refractivity contribution is 0.0922. The monoisotopic (exact) mass is 260 g/mol. The molecule has 2 rings (SSSR count). The number of rotatable bonds is 5. The quantitative estimate of drug-likeness (QED) is 0.882. The molecule has 0 spiro atoms. The summed E-state index contributed by atoms with van der Waals surface area (Å²) in [6.07, 6.45) is 4.16. The van der Waals surface area contributed by atoms with Crippen molar-refractivity contribution in [2.45, 2.75) is 32.9 Å². The van der Waals surface area contributed by atoms with Crippen LogP contribution in [0.5, 0.6) is 0 Å². The fraction of sp³-hybridized carbons (Fsp3) is 0.533. The minimum Gasteiger partial charge on any atom is -0.381 e. The number of likely N-dealkylation sites (N-methyl/N-ethyl adjacent to an activating group) is 1. The molecule has 1 aliphatic heterocycles. The van der Waals surface area contributed by atoms with Gasteiger partial charge in [-0.1, -0.05) is 32.0 Å². The van der Waals surface area contributed by atoms with Crippen LogP contribution in [0.1, 0.15) is 25.0 Å². The van der Waals surface area contributed by atoms with E-state index in [-0.39, 0.29) is 6.17 Å². The summed E-state index contributed by atoms with van der Waals surface area (Å²) in [5.74, 6) is 0. The number of hydrazine groups is 1. The summed E-state index contributed by atoms with van der Waals surface area (Å²) in [7, 11) is 4.08. The van der Waals surface area contributed by atoms with Gasteiger partial charge in [0, 0.05) is 19.8 Å². The van der Waals surface area contributed by atoms with Crippen molar-refractivity contribution in [3.8, 4) is 0 Å². The third kappa shape index (κ3) is 2.89. The van der Waals surface area contributed by atoms with Crippen molar-refractivity contribution in [2.75, 3.05) is 26.0 Å². The molecule has 1 aromatic rings. The van der Waals surface area contributed by atoms with Crippen LogP contribution >= 0.6 is 0 Å². The van der Waals surface area contributed by atoms with Crippen molar-refractivity contribution >= 4 is 12.0 Å². The highest BCUT2D eigenvalue weighted by Crippen LogP contribution is 2.23. The normalized spacial score (nSPS) is 19.2. The molecule has 1 aliphatic rings. The van der Waals surface area contributed by atoms with Gasteiger partial charge < -0.3 is 5.32 Å². The highest BCUT2D eigenvalue weighted by molar-refractivity contribution is 5.59. The first kappa shape index (κ1) is 13.9. The van der Waals surface area contributed by atoms with Gasteiger partial charge in [0.05, 0.1) is 6.54 Å². The van der Waals surface area contributed by atoms with Gasteiger partial charge in [-0.25, -0.2) is 0 Å². The van der Waals surface area contributed by atoms with Gasteiger partial charge in [0.1, 0.15) is 12.5 Å². The van der Waals surface area contributed by atoms with Crippen LogP contribution in [0.2, 0.25) is 0 Å². The third-order valence-corrected chi connectivity index (χ3v) is 3.80. The molecule has 1 unspecified atom stereocenters. The van der Waals surface area contributed by atoms with E-state index in [9.17, 15) is 0 Å². The van der Waals surface area contributed by atoms with Crippen LogP contribution in [0.4, 0.5) is 5.69 Å². The number of benzene rings is 1. The summed E-state index contributed by atoms with van der Waals surface area (Å²) in [6.45, 7) is 5.24. The number of aliphatic imine (C=N–C) groups is 1. The zero-order chi connectivity index (χ0) is 13.8. The zero-order valence-electron chi connectivity index (χ0n) is 12.3. The Balaban J connectivity index is 2.09. The summed E-state index contributed by atoms with van der Waals surface area (Å²) in [6, 6.07) is 6.56.